The zero-order valence-corrected chi connectivity index (χ0v) is 11.8. The molecule has 2 rings (SSSR count). The molecule has 1 heterocycles. The normalized spacial score (nSPS) is 10.7. The van der Waals surface area contributed by atoms with Gasteiger partial charge in [0, 0.05) is 30.4 Å². The number of hydrogen-bond donors (Lipinski definition) is 1. The number of nitrogens with zero attached hydrogens (tertiary/aromatic N) is 2. The first kappa shape index (κ1) is 13.6. The zero-order valence-electron chi connectivity index (χ0n) is 11.8. The number of ether oxygens (including phenoxy) is 1. The van der Waals surface area contributed by atoms with Crippen molar-refractivity contribution in [1.82, 2.24) is 15.1 Å². The van der Waals surface area contributed by atoms with Crippen molar-refractivity contribution in [3.8, 4) is 5.75 Å². The molecule has 0 bridgehead atoms. The van der Waals surface area contributed by atoms with Gasteiger partial charge in [0.05, 0.1) is 6.20 Å². The minimum atomic E-state index is 0.557. The molecular formula is C15H21N3O. The molecule has 0 spiro atoms. The van der Waals surface area contributed by atoms with Crippen LogP contribution >= 0.6 is 0 Å². The highest BCUT2D eigenvalue weighted by atomic mass is 16.5. The molecule has 0 amide bonds. The number of para-hydroxylation sites is 1. The Balaban J connectivity index is 2.09. The Morgan fingerprint density at radius 1 is 1.37 bits per heavy atom. The van der Waals surface area contributed by atoms with E-state index in [0.717, 1.165) is 30.0 Å². The van der Waals surface area contributed by atoms with Gasteiger partial charge < -0.3 is 10.1 Å². The second kappa shape index (κ2) is 6.38. The van der Waals surface area contributed by atoms with Crippen LogP contribution in [0.2, 0.25) is 0 Å². The molecule has 102 valence electrons. The van der Waals surface area contributed by atoms with Crippen molar-refractivity contribution in [3.63, 3.8) is 0 Å². The molecule has 0 saturated heterocycles. The van der Waals surface area contributed by atoms with Crippen molar-refractivity contribution in [1.29, 1.82) is 0 Å². The lowest BCUT2D eigenvalue weighted by Gasteiger charge is -2.13. The van der Waals surface area contributed by atoms with E-state index >= 15 is 0 Å². The van der Waals surface area contributed by atoms with E-state index in [-0.39, 0.29) is 0 Å². The number of aryl methyl sites for hydroxylation is 2. The largest absolute Gasteiger partial charge is 0.488 e. The summed E-state index contributed by atoms with van der Waals surface area (Å²) in [6, 6.07) is 6.22. The van der Waals surface area contributed by atoms with E-state index in [1.807, 2.05) is 24.1 Å². The van der Waals surface area contributed by atoms with Gasteiger partial charge in [0.2, 0.25) is 0 Å². The van der Waals surface area contributed by atoms with Crippen LogP contribution in [0.3, 0.4) is 0 Å². The Bertz CT molecular complexity index is 534. The molecule has 2 aromatic rings. The first-order chi connectivity index (χ1) is 9.24. The lowest BCUT2D eigenvalue weighted by Crippen LogP contribution is -2.08. The highest BCUT2D eigenvalue weighted by Crippen LogP contribution is 2.24. The molecule has 1 aromatic heterocycles. The average molecular weight is 259 g/mol. The monoisotopic (exact) mass is 259 g/mol. The molecule has 1 N–H and O–H groups in total. The first-order valence-electron chi connectivity index (χ1n) is 6.61. The van der Waals surface area contributed by atoms with Gasteiger partial charge in [0.15, 0.2) is 0 Å². The Morgan fingerprint density at radius 2 is 2.21 bits per heavy atom. The number of nitrogens with one attached hydrogen (secondary N) is 1. The smallest absolute Gasteiger partial charge is 0.127 e. The van der Waals surface area contributed by atoms with Gasteiger partial charge in [-0.1, -0.05) is 18.2 Å². The van der Waals surface area contributed by atoms with Crippen LogP contribution in [-0.2, 0) is 19.7 Å². The van der Waals surface area contributed by atoms with E-state index in [1.165, 1.54) is 5.56 Å². The number of aromatic nitrogens is 2. The van der Waals surface area contributed by atoms with E-state index in [0.29, 0.717) is 6.61 Å². The molecule has 0 saturated carbocycles. The van der Waals surface area contributed by atoms with Crippen LogP contribution in [0.1, 0.15) is 23.6 Å². The molecule has 0 atom stereocenters. The summed E-state index contributed by atoms with van der Waals surface area (Å²) in [6.45, 7) is 6.40. The van der Waals surface area contributed by atoms with Gasteiger partial charge in [-0.2, -0.15) is 5.10 Å². The maximum Gasteiger partial charge on any atom is 0.127 e. The van der Waals surface area contributed by atoms with Crippen LogP contribution in [0.15, 0.2) is 30.6 Å². The molecule has 0 aliphatic heterocycles. The van der Waals surface area contributed by atoms with Gasteiger partial charge >= 0.3 is 0 Å². The maximum absolute atomic E-state index is 5.97. The summed E-state index contributed by atoms with van der Waals surface area (Å²) in [6.07, 6.45) is 3.88. The maximum atomic E-state index is 5.97. The Kier molecular flexibility index (Phi) is 4.58. The van der Waals surface area contributed by atoms with Crippen LogP contribution in [0.4, 0.5) is 0 Å². The van der Waals surface area contributed by atoms with Gasteiger partial charge in [-0.15, -0.1) is 0 Å². The third-order valence-corrected chi connectivity index (χ3v) is 3.05. The van der Waals surface area contributed by atoms with Crippen molar-refractivity contribution < 1.29 is 4.74 Å². The molecule has 4 nitrogen and oxygen atoms in total. The van der Waals surface area contributed by atoms with E-state index in [9.17, 15) is 0 Å². The summed E-state index contributed by atoms with van der Waals surface area (Å²) >= 11 is 0. The molecule has 0 aliphatic rings. The number of rotatable bonds is 6. The predicted octanol–water partition coefficient (Wildman–Crippen LogP) is 2.51. The topological polar surface area (TPSA) is 39.1 Å². The third-order valence-electron chi connectivity index (χ3n) is 3.05. The van der Waals surface area contributed by atoms with Gasteiger partial charge in [0.1, 0.15) is 12.4 Å². The highest BCUT2D eigenvalue weighted by Gasteiger charge is 2.07. The van der Waals surface area contributed by atoms with E-state index in [1.54, 1.807) is 0 Å². The first-order valence-corrected chi connectivity index (χ1v) is 6.61. The Hall–Kier alpha value is -1.81. The van der Waals surface area contributed by atoms with Gasteiger partial charge in [-0.05, 0) is 26.5 Å². The average Bonchev–Trinajstić information content (AvgIpc) is 2.86. The predicted molar refractivity (Wildman–Crippen MR) is 76.2 cm³/mol. The van der Waals surface area contributed by atoms with Crippen LogP contribution in [-0.4, -0.2) is 16.8 Å². The minimum absolute atomic E-state index is 0.557. The zero-order chi connectivity index (χ0) is 13.7. The summed E-state index contributed by atoms with van der Waals surface area (Å²) in [5.74, 6) is 0.973. The fraction of sp³-hybridized carbons (Fsp3) is 0.400. The van der Waals surface area contributed by atoms with Crippen LogP contribution in [0.25, 0.3) is 0 Å². The molecule has 0 radical (unpaired) electrons. The number of benzene rings is 1. The van der Waals surface area contributed by atoms with Crippen LogP contribution in [0, 0.1) is 6.92 Å². The van der Waals surface area contributed by atoms with Crippen molar-refractivity contribution in [2.45, 2.75) is 33.5 Å². The Morgan fingerprint density at radius 3 is 2.89 bits per heavy atom. The molecule has 19 heavy (non-hydrogen) atoms. The number of hydrogen-bond acceptors (Lipinski definition) is 3. The molecule has 1 aromatic carbocycles. The summed E-state index contributed by atoms with van der Waals surface area (Å²) in [5, 5.41) is 7.42. The van der Waals surface area contributed by atoms with E-state index in [4.69, 9.17) is 4.74 Å². The molecular weight excluding hydrogens is 238 g/mol. The lowest BCUT2D eigenvalue weighted by atomic mass is 10.1. The molecule has 4 heteroatoms. The molecule has 0 unspecified atom stereocenters. The van der Waals surface area contributed by atoms with Crippen LogP contribution < -0.4 is 10.1 Å². The SMILES string of the molecule is CCn1cc(COc2c(C)cccc2CNC)cn1. The second-order valence-electron chi connectivity index (χ2n) is 4.59. The van der Waals surface area contributed by atoms with Gasteiger partial charge in [-0.3, -0.25) is 4.68 Å². The lowest BCUT2D eigenvalue weighted by molar-refractivity contribution is 0.300. The fourth-order valence-corrected chi connectivity index (χ4v) is 2.06. The van der Waals surface area contributed by atoms with Crippen molar-refractivity contribution in [2.24, 2.45) is 0 Å². The van der Waals surface area contributed by atoms with Gasteiger partial charge in [-0.25, -0.2) is 0 Å². The van der Waals surface area contributed by atoms with Gasteiger partial charge in [0.25, 0.3) is 0 Å². The molecule has 0 aliphatic carbocycles. The van der Waals surface area contributed by atoms with Crippen molar-refractivity contribution in [3.05, 3.63) is 47.3 Å². The summed E-state index contributed by atoms with van der Waals surface area (Å²) in [7, 11) is 1.94. The summed E-state index contributed by atoms with van der Waals surface area (Å²) in [5.41, 5.74) is 3.45. The third kappa shape index (κ3) is 3.35. The standard InChI is InChI=1S/C15H21N3O/c1-4-18-10-13(8-17-18)11-19-15-12(2)6-5-7-14(15)9-16-3/h5-8,10,16H,4,9,11H2,1-3H3. The quantitative estimate of drug-likeness (QED) is 0.866. The molecule has 0 fully saturated rings. The second-order valence-corrected chi connectivity index (χ2v) is 4.59. The summed E-state index contributed by atoms with van der Waals surface area (Å²) in [4.78, 5) is 0. The van der Waals surface area contributed by atoms with E-state index < -0.39 is 0 Å². The van der Waals surface area contributed by atoms with Crippen molar-refractivity contribution in [2.75, 3.05) is 7.05 Å². The highest BCUT2D eigenvalue weighted by molar-refractivity contribution is 5.40. The van der Waals surface area contributed by atoms with Crippen LogP contribution in [0.5, 0.6) is 5.75 Å². The van der Waals surface area contributed by atoms with E-state index in [2.05, 4.69) is 42.5 Å². The van der Waals surface area contributed by atoms with Crippen molar-refractivity contribution >= 4 is 0 Å². The summed E-state index contributed by atoms with van der Waals surface area (Å²) < 4.78 is 7.88. The fourth-order valence-electron chi connectivity index (χ4n) is 2.06. The Labute approximate surface area is 114 Å². The minimum Gasteiger partial charge on any atom is -0.488 e.